The van der Waals surface area contributed by atoms with Crippen molar-refractivity contribution < 1.29 is 13.2 Å². The van der Waals surface area contributed by atoms with E-state index < -0.39 is 10.0 Å². The molecule has 0 aliphatic carbocycles. The van der Waals surface area contributed by atoms with Crippen molar-refractivity contribution >= 4 is 10.0 Å². The first-order valence-electron chi connectivity index (χ1n) is 5.74. The van der Waals surface area contributed by atoms with E-state index >= 15 is 0 Å². The predicted octanol–water partition coefficient (Wildman–Crippen LogP) is 1.72. The van der Waals surface area contributed by atoms with Gasteiger partial charge < -0.3 is 4.74 Å². The van der Waals surface area contributed by atoms with Crippen LogP contribution in [0.1, 0.15) is 34.1 Å². The standard InChI is InChI=1S/C11H25NO3S/c1-7-10(4)11(8-15-9(2)3)12(5)16(6,13)14/h9-11H,7-8H2,1-6H3. The van der Waals surface area contributed by atoms with Crippen LogP contribution in [0.3, 0.4) is 0 Å². The third kappa shape index (κ3) is 5.27. The van der Waals surface area contributed by atoms with Gasteiger partial charge in [-0.15, -0.1) is 0 Å². The molecule has 0 rings (SSSR count). The van der Waals surface area contributed by atoms with Crippen LogP contribution in [0.15, 0.2) is 0 Å². The van der Waals surface area contributed by atoms with Gasteiger partial charge in [0, 0.05) is 7.05 Å². The first kappa shape index (κ1) is 15.9. The van der Waals surface area contributed by atoms with Gasteiger partial charge in [-0.1, -0.05) is 20.3 Å². The van der Waals surface area contributed by atoms with Gasteiger partial charge in [0.1, 0.15) is 0 Å². The van der Waals surface area contributed by atoms with Gasteiger partial charge in [0.15, 0.2) is 0 Å². The van der Waals surface area contributed by atoms with Crippen molar-refractivity contribution in [2.24, 2.45) is 5.92 Å². The molecule has 0 saturated carbocycles. The van der Waals surface area contributed by atoms with E-state index in [1.807, 2.05) is 13.8 Å². The zero-order chi connectivity index (χ0) is 12.9. The van der Waals surface area contributed by atoms with Crippen molar-refractivity contribution in [3.63, 3.8) is 0 Å². The number of rotatable bonds is 7. The van der Waals surface area contributed by atoms with Crippen LogP contribution in [-0.2, 0) is 14.8 Å². The monoisotopic (exact) mass is 251 g/mol. The Morgan fingerprint density at radius 3 is 2.06 bits per heavy atom. The van der Waals surface area contributed by atoms with Crippen molar-refractivity contribution in [3.8, 4) is 0 Å². The normalized spacial score (nSPS) is 16.8. The number of sulfonamides is 1. The molecule has 0 heterocycles. The second-order valence-corrected chi connectivity index (χ2v) is 6.66. The molecule has 0 aliphatic heterocycles. The number of hydrogen-bond acceptors (Lipinski definition) is 3. The Hall–Kier alpha value is -0.130. The van der Waals surface area contributed by atoms with Gasteiger partial charge in [0.25, 0.3) is 0 Å². The Morgan fingerprint density at radius 1 is 1.25 bits per heavy atom. The molecule has 0 spiro atoms. The summed E-state index contributed by atoms with van der Waals surface area (Å²) in [4.78, 5) is 0. The molecule has 0 aliphatic rings. The second-order valence-electron chi connectivity index (χ2n) is 4.61. The Labute approximate surface area is 100 Å². The van der Waals surface area contributed by atoms with Crippen LogP contribution in [0.2, 0.25) is 0 Å². The fourth-order valence-electron chi connectivity index (χ4n) is 1.44. The van der Waals surface area contributed by atoms with E-state index in [1.165, 1.54) is 10.6 Å². The molecule has 0 N–H and O–H groups in total. The second kappa shape index (κ2) is 6.57. The molecular weight excluding hydrogens is 226 g/mol. The first-order valence-corrected chi connectivity index (χ1v) is 7.59. The molecule has 0 fully saturated rings. The molecule has 5 heteroatoms. The number of ether oxygens (including phenoxy) is 1. The minimum atomic E-state index is -3.15. The lowest BCUT2D eigenvalue weighted by atomic mass is 10.0. The molecule has 2 atom stereocenters. The van der Waals surface area contributed by atoms with E-state index in [1.54, 1.807) is 7.05 Å². The smallest absolute Gasteiger partial charge is 0.211 e. The first-order chi connectivity index (χ1) is 7.20. The average molecular weight is 251 g/mol. The highest BCUT2D eigenvalue weighted by Crippen LogP contribution is 2.16. The SMILES string of the molecule is CCC(C)C(COC(C)C)N(C)S(C)(=O)=O. The van der Waals surface area contributed by atoms with Crippen molar-refractivity contribution in [2.45, 2.75) is 46.3 Å². The van der Waals surface area contributed by atoms with E-state index in [9.17, 15) is 8.42 Å². The molecule has 0 bridgehead atoms. The number of nitrogens with zero attached hydrogens (tertiary/aromatic N) is 1. The zero-order valence-corrected chi connectivity index (χ0v) is 12.0. The summed E-state index contributed by atoms with van der Waals surface area (Å²) in [7, 11) is -1.53. The topological polar surface area (TPSA) is 46.6 Å². The van der Waals surface area contributed by atoms with E-state index in [2.05, 4.69) is 13.8 Å². The molecule has 98 valence electrons. The van der Waals surface area contributed by atoms with E-state index in [0.717, 1.165) is 6.42 Å². The van der Waals surface area contributed by atoms with Crippen LogP contribution in [0.4, 0.5) is 0 Å². The quantitative estimate of drug-likeness (QED) is 0.692. The van der Waals surface area contributed by atoms with Crippen LogP contribution in [-0.4, -0.2) is 44.8 Å². The van der Waals surface area contributed by atoms with Gasteiger partial charge >= 0.3 is 0 Å². The Bertz CT molecular complexity index is 288. The average Bonchev–Trinajstić information content (AvgIpc) is 2.15. The number of likely N-dealkylation sites (N-methyl/N-ethyl adjacent to an activating group) is 1. The largest absolute Gasteiger partial charge is 0.377 e. The zero-order valence-electron chi connectivity index (χ0n) is 11.2. The van der Waals surface area contributed by atoms with E-state index in [-0.39, 0.29) is 12.1 Å². The highest BCUT2D eigenvalue weighted by Gasteiger charge is 2.27. The van der Waals surface area contributed by atoms with Gasteiger partial charge in [0.2, 0.25) is 10.0 Å². The summed E-state index contributed by atoms with van der Waals surface area (Å²) in [5.41, 5.74) is 0. The van der Waals surface area contributed by atoms with Crippen LogP contribution in [0.25, 0.3) is 0 Å². The highest BCUT2D eigenvalue weighted by atomic mass is 32.2. The van der Waals surface area contributed by atoms with Crippen molar-refractivity contribution in [1.29, 1.82) is 0 Å². The fourth-order valence-corrected chi connectivity index (χ4v) is 2.20. The Balaban J connectivity index is 4.67. The molecule has 2 unspecified atom stereocenters. The molecular formula is C11H25NO3S. The maximum atomic E-state index is 11.5. The van der Waals surface area contributed by atoms with Gasteiger partial charge in [-0.2, -0.15) is 4.31 Å². The van der Waals surface area contributed by atoms with Crippen molar-refractivity contribution in [1.82, 2.24) is 4.31 Å². The third-order valence-electron chi connectivity index (χ3n) is 2.89. The van der Waals surface area contributed by atoms with E-state index in [0.29, 0.717) is 12.5 Å². The van der Waals surface area contributed by atoms with Crippen LogP contribution >= 0.6 is 0 Å². The maximum Gasteiger partial charge on any atom is 0.211 e. The van der Waals surface area contributed by atoms with Gasteiger partial charge in [-0.05, 0) is 19.8 Å². The predicted molar refractivity (Wildman–Crippen MR) is 66.9 cm³/mol. The molecule has 4 nitrogen and oxygen atoms in total. The lowest BCUT2D eigenvalue weighted by molar-refractivity contribution is 0.0341. The molecule has 0 aromatic rings. The minimum absolute atomic E-state index is 0.0811. The van der Waals surface area contributed by atoms with E-state index in [4.69, 9.17) is 4.74 Å². The summed E-state index contributed by atoms with van der Waals surface area (Å²) < 4.78 is 30.0. The van der Waals surface area contributed by atoms with Crippen molar-refractivity contribution in [2.75, 3.05) is 19.9 Å². The van der Waals surface area contributed by atoms with Crippen LogP contribution in [0, 0.1) is 5.92 Å². The van der Waals surface area contributed by atoms with Crippen LogP contribution in [0.5, 0.6) is 0 Å². The highest BCUT2D eigenvalue weighted by molar-refractivity contribution is 7.88. The van der Waals surface area contributed by atoms with Gasteiger partial charge in [0.05, 0.1) is 25.0 Å². The lowest BCUT2D eigenvalue weighted by Crippen LogP contribution is -2.43. The summed E-state index contributed by atoms with van der Waals surface area (Å²) in [6, 6.07) is -0.0811. The maximum absolute atomic E-state index is 11.5. The molecule has 16 heavy (non-hydrogen) atoms. The molecule has 0 radical (unpaired) electrons. The summed E-state index contributed by atoms with van der Waals surface area (Å²) in [5.74, 6) is 0.290. The fraction of sp³-hybridized carbons (Fsp3) is 1.00. The third-order valence-corrected chi connectivity index (χ3v) is 4.21. The van der Waals surface area contributed by atoms with Crippen LogP contribution < -0.4 is 0 Å². The summed E-state index contributed by atoms with van der Waals surface area (Å²) in [6.45, 7) is 8.47. The Kier molecular flexibility index (Phi) is 6.51. The minimum Gasteiger partial charge on any atom is -0.377 e. The molecule has 0 aromatic carbocycles. The summed E-state index contributed by atoms with van der Waals surface area (Å²) >= 11 is 0. The summed E-state index contributed by atoms with van der Waals surface area (Å²) in [6.07, 6.45) is 2.29. The van der Waals surface area contributed by atoms with Gasteiger partial charge in [-0.25, -0.2) is 8.42 Å². The molecule has 0 amide bonds. The molecule has 0 saturated heterocycles. The number of hydrogen-bond donors (Lipinski definition) is 0. The lowest BCUT2D eigenvalue weighted by Gasteiger charge is -2.31. The molecule has 0 aromatic heterocycles. The van der Waals surface area contributed by atoms with Gasteiger partial charge in [-0.3, -0.25) is 0 Å². The Morgan fingerprint density at radius 2 is 1.75 bits per heavy atom. The van der Waals surface area contributed by atoms with Crippen molar-refractivity contribution in [3.05, 3.63) is 0 Å². The summed E-state index contributed by atoms with van der Waals surface area (Å²) in [5, 5.41) is 0.